The first-order valence-corrected chi connectivity index (χ1v) is 18.7. The molecule has 1 saturated carbocycles. The van der Waals surface area contributed by atoms with Crippen LogP contribution in [0.5, 0.6) is 0 Å². The van der Waals surface area contributed by atoms with Crippen molar-refractivity contribution in [3.63, 3.8) is 0 Å². The molecule has 2 atom stereocenters. The van der Waals surface area contributed by atoms with Crippen LogP contribution in [0.1, 0.15) is 172 Å². The molecule has 0 bridgehead atoms. The second kappa shape index (κ2) is 15.8. The molecule has 0 aromatic heterocycles. The van der Waals surface area contributed by atoms with Crippen molar-refractivity contribution in [2.45, 2.75) is 218 Å². The molecule has 0 amide bonds. The number of piperidine rings is 2. The van der Waals surface area contributed by atoms with Gasteiger partial charge in [-0.1, -0.05) is 71.6 Å². The zero-order chi connectivity index (χ0) is 32.8. The molecule has 3 aliphatic rings. The summed E-state index contributed by atoms with van der Waals surface area (Å²) in [5.41, 5.74) is 0.666. The second-order valence-corrected chi connectivity index (χ2v) is 17.5. The molecular formula is C38H73N4O2+. The lowest BCUT2D eigenvalue weighted by molar-refractivity contribution is -0.576. The van der Waals surface area contributed by atoms with Crippen LogP contribution in [0.3, 0.4) is 0 Å². The Morgan fingerprint density at radius 3 is 1.59 bits per heavy atom. The smallest absolute Gasteiger partial charge is 0.252 e. The number of carbonyl (C=O) groups excluding carboxylic acids is 1. The predicted octanol–water partition coefficient (Wildman–Crippen LogP) is 7.39. The molecule has 2 unspecified atom stereocenters. The van der Waals surface area contributed by atoms with Gasteiger partial charge in [-0.25, -0.2) is 4.58 Å². The van der Waals surface area contributed by atoms with Gasteiger partial charge in [0.2, 0.25) is 5.78 Å². The largest absolute Gasteiger partial charge is 0.380 e. The van der Waals surface area contributed by atoms with Gasteiger partial charge in [0.1, 0.15) is 12.6 Å². The van der Waals surface area contributed by atoms with Crippen molar-refractivity contribution in [2.75, 3.05) is 13.1 Å². The third-order valence-electron chi connectivity index (χ3n) is 10.5. The van der Waals surface area contributed by atoms with E-state index in [4.69, 9.17) is 0 Å². The summed E-state index contributed by atoms with van der Waals surface area (Å²) in [7, 11) is 0. The van der Waals surface area contributed by atoms with Crippen LogP contribution >= 0.6 is 0 Å². The van der Waals surface area contributed by atoms with Crippen LogP contribution in [0.25, 0.3) is 0 Å². The number of nitrogens with zero attached hydrogens (tertiary/aromatic N) is 2. The van der Waals surface area contributed by atoms with Crippen LogP contribution < -0.4 is 10.6 Å². The van der Waals surface area contributed by atoms with Crippen LogP contribution in [0, 0.1) is 0 Å². The summed E-state index contributed by atoms with van der Waals surface area (Å²) in [5.74, 6) is 0.192. The summed E-state index contributed by atoms with van der Waals surface area (Å²) in [5, 5.41) is 19.7. The van der Waals surface area contributed by atoms with Crippen LogP contribution in [0.15, 0.2) is 0 Å². The van der Waals surface area contributed by atoms with E-state index in [0.717, 1.165) is 51.6 Å². The van der Waals surface area contributed by atoms with Crippen molar-refractivity contribution < 1.29 is 14.5 Å². The SMILES string of the molecule is CCCCCCCCN(C1CC(C)(C)NC(C)(C)C1)C1C(=O)C(=[N+](CCCCCCCC)C2CC(C)(C)NC(C)(C)C2)C1O. The van der Waals surface area contributed by atoms with Crippen molar-refractivity contribution in [3.05, 3.63) is 0 Å². The molecular weight excluding hydrogens is 544 g/mol. The fourth-order valence-electron chi connectivity index (χ4n) is 9.31. The van der Waals surface area contributed by atoms with Crippen LogP contribution in [-0.4, -0.2) is 85.6 Å². The van der Waals surface area contributed by atoms with E-state index in [2.05, 4.69) is 89.3 Å². The summed E-state index contributed by atoms with van der Waals surface area (Å²) in [6, 6.07) is 0.131. The van der Waals surface area contributed by atoms with Gasteiger partial charge in [-0.15, -0.1) is 0 Å². The fraction of sp³-hybridized carbons (Fsp3) is 0.947. The van der Waals surface area contributed by atoms with Gasteiger partial charge in [0, 0.05) is 47.5 Å². The lowest BCUT2D eigenvalue weighted by Crippen LogP contribution is -2.73. The summed E-state index contributed by atoms with van der Waals surface area (Å²) in [4.78, 5) is 16.9. The zero-order valence-electron chi connectivity index (χ0n) is 30.8. The summed E-state index contributed by atoms with van der Waals surface area (Å²) < 4.78 is 2.40. The van der Waals surface area contributed by atoms with Crippen molar-refractivity contribution in [1.29, 1.82) is 0 Å². The number of nitrogens with one attached hydrogen (secondary N) is 2. The first-order valence-electron chi connectivity index (χ1n) is 18.7. The Morgan fingerprint density at radius 2 is 1.11 bits per heavy atom. The Hall–Kier alpha value is -0.820. The Bertz CT molecular complexity index is 920. The molecule has 6 heteroatoms. The lowest BCUT2D eigenvalue weighted by Gasteiger charge is -2.53. The highest BCUT2D eigenvalue weighted by Gasteiger charge is 2.58. The zero-order valence-corrected chi connectivity index (χ0v) is 30.8. The van der Waals surface area contributed by atoms with E-state index in [9.17, 15) is 9.90 Å². The minimum Gasteiger partial charge on any atom is -0.380 e. The van der Waals surface area contributed by atoms with E-state index < -0.39 is 12.1 Å². The molecule has 3 fully saturated rings. The van der Waals surface area contributed by atoms with Crippen molar-refractivity contribution in [1.82, 2.24) is 15.5 Å². The second-order valence-electron chi connectivity index (χ2n) is 17.5. The van der Waals surface area contributed by atoms with Gasteiger partial charge < -0.3 is 15.7 Å². The molecule has 0 aromatic carbocycles. The maximum Gasteiger partial charge on any atom is 0.252 e. The van der Waals surface area contributed by atoms with Gasteiger partial charge in [-0.2, -0.15) is 0 Å². The highest BCUT2D eigenvalue weighted by atomic mass is 16.3. The fourth-order valence-corrected chi connectivity index (χ4v) is 9.31. The molecule has 2 heterocycles. The molecule has 256 valence electrons. The highest BCUT2D eigenvalue weighted by Crippen LogP contribution is 2.37. The Morgan fingerprint density at radius 1 is 0.682 bits per heavy atom. The molecule has 2 aliphatic heterocycles. The van der Waals surface area contributed by atoms with Gasteiger partial charge in [-0.05, 0) is 87.6 Å². The van der Waals surface area contributed by atoms with Gasteiger partial charge in [-0.3, -0.25) is 9.69 Å². The average Bonchev–Trinajstić information content (AvgIpc) is 2.87. The molecule has 2 saturated heterocycles. The number of hydrogen-bond acceptors (Lipinski definition) is 5. The molecule has 0 radical (unpaired) electrons. The average molecular weight is 618 g/mol. The quantitative estimate of drug-likeness (QED) is 0.117. The number of aliphatic hydroxyl groups is 1. The number of hydrogen-bond donors (Lipinski definition) is 3. The monoisotopic (exact) mass is 618 g/mol. The van der Waals surface area contributed by atoms with Gasteiger partial charge >= 0.3 is 0 Å². The summed E-state index contributed by atoms with van der Waals surface area (Å²) >= 11 is 0. The number of rotatable bonds is 17. The summed E-state index contributed by atoms with van der Waals surface area (Å²) in [6.45, 7) is 24.6. The van der Waals surface area contributed by atoms with Crippen molar-refractivity contribution in [2.24, 2.45) is 0 Å². The molecule has 0 spiro atoms. The number of carbonyl (C=O) groups is 1. The third-order valence-corrected chi connectivity index (χ3v) is 10.5. The van der Waals surface area contributed by atoms with Crippen LogP contribution in [0.4, 0.5) is 0 Å². The number of Topliss-reactive ketones (excluding diaryl/α,β-unsaturated/α-hetero) is 1. The predicted molar refractivity (Wildman–Crippen MR) is 187 cm³/mol. The van der Waals surface area contributed by atoms with E-state index in [1.165, 1.54) is 64.2 Å². The minimum atomic E-state index is -0.704. The molecule has 0 aromatic rings. The van der Waals surface area contributed by atoms with Crippen molar-refractivity contribution >= 4 is 11.5 Å². The maximum absolute atomic E-state index is 14.4. The van der Waals surface area contributed by atoms with Gasteiger partial charge in [0.05, 0.1) is 0 Å². The standard InChI is InChI=1S/C38H73N4O2/c1-11-13-15-17-19-21-23-41(29-25-35(3,4)39-36(5,6)26-29)31-33(43)32(34(31)44)42(24-22-20-18-16-14-12-2)30-27-37(7,8)40-38(9,10)28-30/h29-31,33,39-40,43H,11-28H2,1-10H3/q+1. The van der Waals surface area contributed by atoms with E-state index in [0.29, 0.717) is 5.71 Å². The molecule has 3 N–H and O–H groups in total. The van der Waals surface area contributed by atoms with E-state index >= 15 is 0 Å². The first-order chi connectivity index (χ1) is 20.5. The van der Waals surface area contributed by atoms with Crippen LogP contribution in [-0.2, 0) is 4.79 Å². The van der Waals surface area contributed by atoms with Gasteiger partial charge in [0.25, 0.3) is 5.71 Å². The van der Waals surface area contributed by atoms with Gasteiger partial charge in [0.15, 0.2) is 12.1 Å². The van der Waals surface area contributed by atoms with E-state index in [-0.39, 0.29) is 40.0 Å². The molecule has 6 nitrogen and oxygen atoms in total. The molecule has 3 rings (SSSR count). The third kappa shape index (κ3) is 10.6. The maximum atomic E-state index is 14.4. The lowest BCUT2D eigenvalue weighted by atomic mass is 9.75. The minimum absolute atomic E-state index is 0.00778. The number of aliphatic hydroxyl groups excluding tert-OH is 1. The first kappa shape index (κ1) is 37.6. The summed E-state index contributed by atoms with van der Waals surface area (Å²) in [6.07, 6.45) is 18.1. The Balaban J connectivity index is 1.88. The van der Waals surface area contributed by atoms with E-state index in [1.54, 1.807) is 0 Å². The topological polar surface area (TPSA) is 67.6 Å². The number of unbranched alkanes of at least 4 members (excludes halogenated alkanes) is 10. The van der Waals surface area contributed by atoms with E-state index in [1.807, 2.05) is 0 Å². The highest BCUT2D eigenvalue weighted by molar-refractivity contribution is 6.49. The Labute approximate surface area is 272 Å². The Kier molecular flexibility index (Phi) is 13.6. The molecule has 44 heavy (non-hydrogen) atoms. The number of ketones is 1. The van der Waals surface area contributed by atoms with Crippen molar-refractivity contribution in [3.8, 4) is 0 Å². The normalized spacial score (nSPS) is 27.9. The van der Waals surface area contributed by atoms with Crippen LogP contribution in [0.2, 0.25) is 0 Å². The molecule has 1 aliphatic carbocycles.